The van der Waals surface area contributed by atoms with Crippen molar-refractivity contribution < 1.29 is 9.50 Å². The van der Waals surface area contributed by atoms with Crippen LogP contribution in [-0.4, -0.2) is 43.8 Å². The molecule has 6 nitrogen and oxygen atoms in total. The van der Waals surface area contributed by atoms with Crippen LogP contribution in [0.25, 0.3) is 10.9 Å². The van der Waals surface area contributed by atoms with E-state index in [2.05, 4.69) is 38.8 Å². The number of hydrogen-bond donors (Lipinski definition) is 2. The first-order chi connectivity index (χ1) is 15.6. The van der Waals surface area contributed by atoms with Gasteiger partial charge in [0.25, 0.3) is 0 Å². The van der Waals surface area contributed by atoms with Crippen molar-refractivity contribution in [1.29, 1.82) is 0 Å². The lowest BCUT2D eigenvalue weighted by atomic mass is 10.0. The summed E-state index contributed by atoms with van der Waals surface area (Å²) < 4.78 is 16.8. The third-order valence-electron chi connectivity index (χ3n) is 6.56. The molecule has 2 N–H and O–H groups in total. The molecule has 1 aliphatic heterocycles. The highest BCUT2D eigenvalue weighted by Crippen LogP contribution is 2.29. The second-order valence-electron chi connectivity index (χ2n) is 8.60. The average molecular weight is 435 g/mol. The first-order valence-electron chi connectivity index (χ1n) is 11.1. The van der Waals surface area contributed by atoms with E-state index in [1.807, 2.05) is 18.2 Å². The molecule has 2 aromatic carbocycles. The van der Waals surface area contributed by atoms with Crippen LogP contribution in [0, 0.1) is 5.82 Å². The molecule has 3 heterocycles. The van der Waals surface area contributed by atoms with Gasteiger partial charge in [-0.15, -0.1) is 0 Å². The summed E-state index contributed by atoms with van der Waals surface area (Å²) >= 11 is 0. The van der Waals surface area contributed by atoms with Gasteiger partial charge in [0.05, 0.1) is 12.7 Å². The minimum absolute atomic E-state index is 0.0570. The molecular weight excluding hydrogens is 407 g/mol. The smallest absolute Gasteiger partial charge is 0.328 e. The van der Waals surface area contributed by atoms with E-state index in [9.17, 15) is 14.3 Å². The molecule has 0 radical (unpaired) electrons. The number of fused-ring (bicyclic) bond motifs is 1. The number of nitrogens with zero attached hydrogens (tertiary/aromatic N) is 3. The maximum atomic E-state index is 13.1. The van der Waals surface area contributed by atoms with E-state index in [1.54, 1.807) is 0 Å². The Bertz CT molecular complexity index is 1260. The number of aromatic nitrogens is 3. The normalized spacial score (nSPS) is 15.5. The van der Waals surface area contributed by atoms with E-state index >= 15 is 0 Å². The molecule has 1 aliphatic rings. The van der Waals surface area contributed by atoms with Crippen molar-refractivity contribution in [2.75, 3.05) is 19.6 Å². The zero-order valence-electron chi connectivity index (χ0n) is 17.9. The topological polar surface area (TPSA) is 66.2 Å². The Labute approximate surface area is 185 Å². The maximum Gasteiger partial charge on any atom is 0.328 e. The zero-order chi connectivity index (χ0) is 22.1. The molecule has 166 valence electrons. The number of nitrogens with one attached hydrogen (secondary N) is 1. The van der Waals surface area contributed by atoms with Gasteiger partial charge in [-0.1, -0.05) is 24.3 Å². The molecule has 1 fully saturated rings. The molecule has 0 bridgehead atoms. The van der Waals surface area contributed by atoms with E-state index < -0.39 is 0 Å². The van der Waals surface area contributed by atoms with E-state index in [0.717, 1.165) is 50.0 Å². The fourth-order valence-electron chi connectivity index (χ4n) is 4.69. The minimum Gasteiger partial charge on any atom is -0.493 e. The van der Waals surface area contributed by atoms with Gasteiger partial charge in [0.1, 0.15) is 5.82 Å². The monoisotopic (exact) mass is 434 g/mol. The Morgan fingerprint density at radius 1 is 1.03 bits per heavy atom. The SMILES string of the molecule is O=c1[nH]cc(O)n1Cc1ccc2ccn(C3CCN(CCc4ccc(F)cc4)CC3)c2c1. The second-order valence-corrected chi connectivity index (χ2v) is 8.60. The Hall–Kier alpha value is -3.32. The molecule has 5 rings (SSSR count). The van der Waals surface area contributed by atoms with Crippen molar-refractivity contribution in [3.63, 3.8) is 0 Å². The fraction of sp³-hybridized carbons (Fsp3) is 0.320. The van der Waals surface area contributed by atoms with Crippen LogP contribution in [0.4, 0.5) is 4.39 Å². The van der Waals surface area contributed by atoms with Crippen LogP contribution in [-0.2, 0) is 13.0 Å². The molecule has 4 aromatic rings. The highest BCUT2D eigenvalue weighted by atomic mass is 19.1. The Morgan fingerprint density at radius 3 is 2.50 bits per heavy atom. The maximum absolute atomic E-state index is 13.1. The highest BCUT2D eigenvalue weighted by molar-refractivity contribution is 5.81. The number of aromatic amines is 1. The molecule has 7 heteroatoms. The number of halogens is 1. The second kappa shape index (κ2) is 8.67. The molecule has 0 spiro atoms. The molecule has 2 aromatic heterocycles. The lowest BCUT2D eigenvalue weighted by Gasteiger charge is -2.33. The van der Waals surface area contributed by atoms with Gasteiger partial charge in [0.15, 0.2) is 0 Å². The van der Waals surface area contributed by atoms with Crippen LogP contribution in [0.2, 0.25) is 0 Å². The Kier molecular flexibility index (Phi) is 5.57. The lowest BCUT2D eigenvalue weighted by Crippen LogP contribution is -2.35. The summed E-state index contributed by atoms with van der Waals surface area (Å²) in [7, 11) is 0. The summed E-state index contributed by atoms with van der Waals surface area (Å²) in [6.07, 6.45) is 6.57. The van der Waals surface area contributed by atoms with Gasteiger partial charge in [-0.25, -0.2) is 9.18 Å². The standard InChI is InChI=1S/C25H27FN4O2/c26-21-5-2-18(3-6-21)7-11-28-12-9-22(10-13-28)29-14-8-20-4-1-19(15-23(20)29)17-30-24(31)16-27-25(30)32/h1-6,8,14-16,22,31H,7,9-13,17H2,(H,27,32). The molecule has 0 amide bonds. The molecule has 0 saturated carbocycles. The van der Waals surface area contributed by atoms with Crippen LogP contribution in [0.15, 0.2) is 65.7 Å². The number of benzene rings is 2. The molecule has 0 aliphatic carbocycles. The van der Waals surface area contributed by atoms with Gasteiger partial charge in [-0.2, -0.15) is 0 Å². The van der Waals surface area contributed by atoms with Crippen molar-refractivity contribution in [1.82, 2.24) is 19.0 Å². The molecule has 32 heavy (non-hydrogen) atoms. The third-order valence-corrected chi connectivity index (χ3v) is 6.56. The Balaban J connectivity index is 1.25. The predicted molar refractivity (Wildman–Crippen MR) is 123 cm³/mol. The van der Waals surface area contributed by atoms with Gasteiger partial charge in [0, 0.05) is 37.4 Å². The van der Waals surface area contributed by atoms with Crippen LogP contribution >= 0.6 is 0 Å². The van der Waals surface area contributed by atoms with Crippen LogP contribution in [0.3, 0.4) is 0 Å². The summed E-state index contributed by atoms with van der Waals surface area (Å²) in [6.45, 7) is 3.40. The molecular formula is C25H27FN4O2. The van der Waals surface area contributed by atoms with Crippen molar-refractivity contribution in [2.45, 2.75) is 31.8 Å². The number of hydrogen-bond acceptors (Lipinski definition) is 3. The van der Waals surface area contributed by atoms with Crippen LogP contribution in [0.5, 0.6) is 5.88 Å². The molecule has 1 saturated heterocycles. The van der Waals surface area contributed by atoms with Crippen LogP contribution in [0.1, 0.15) is 30.0 Å². The number of H-pyrrole nitrogens is 1. The van der Waals surface area contributed by atoms with Crippen molar-refractivity contribution in [3.8, 4) is 5.88 Å². The number of likely N-dealkylation sites (tertiary alicyclic amines) is 1. The highest BCUT2D eigenvalue weighted by Gasteiger charge is 2.21. The zero-order valence-corrected chi connectivity index (χ0v) is 17.9. The molecule has 0 atom stereocenters. The van der Waals surface area contributed by atoms with Crippen molar-refractivity contribution in [2.24, 2.45) is 0 Å². The number of piperidine rings is 1. The fourth-order valence-corrected chi connectivity index (χ4v) is 4.69. The van der Waals surface area contributed by atoms with Crippen molar-refractivity contribution in [3.05, 3.63) is 88.4 Å². The minimum atomic E-state index is -0.314. The van der Waals surface area contributed by atoms with Gasteiger partial charge in [-0.3, -0.25) is 4.57 Å². The number of imidazole rings is 1. The summed E-state index contributed by atoms with van der Waals surface area (Å²) in [4.78, 5) is 16.9. The average Bonchev–Trinajstić information content (AvgIpc) is 3.37. The summed E-state index contributed by atoms with van der Waals surface area (Å²) in [6, 6.07) is 15.6. The quantitative estimate of drug-likeness (QED) is 0.484. The molecule has 0 unspecified atom stereocenters. The largest absolute Gasteiger partial charge is 0.493 e. The van der Waals surface area contributed by atoms with Crippen molar-refractivity contribution >= 4 is 10.9 Å². The van der Waals surface area contributed by atoms with E-state index in [0.29, 0.717) is 12.6 Å². The van der Waals surface area contributed by atoms with E-state index in [-0.39, 0.29) is 17.4 Å². The summed E-state index contributed by atoms with van der Waals surface area (Å²) in [5.41, 5.74) is 3.00. The van der Waals surface area contributed by atoms with Gasteiger partial charge in [-0.05, 0) is 60.0 Å². The first kappa shape index (κ1) is 20.6. The third kappa shape index (κ3) is 4.21. The first-order valence-corrected chi connectivity index (χ1v) is 11.1. The van der Waals surface area contributed by atoms with Gasteiger partial charge >= 0.3 is 5.69 Å². The van der Waals surface area contributed by atoms with Crippen LogP contribution < -0.4 is 5.69 Å². The predicted octanol–water partition coefficient (Wildman–Crippen LogP) is 3.90. The van der Waals surface area contributed by atoms with Gasteiger partial charge < -0.3 is 19.6 Å². The Morgan fingerprint density at radius 2 is 1.78 bits per heavy atom. The number of aromatic hydroxyl groups is 1. The summed E-state index contributed by atoms with van der Waals surface area (Å²) in [5, 5.41) is 11.1. The summed E-state index contributed by atoms with van der Waals surface area (Å²) in [5.74, 6) is -0.243. The number of rotatable bonds is 6. The van der Waals surface area contributed by atoms with Gasteiger partial charge in [0.2, 0.25) is 5.88 Å². The van der Waals surface area contributed by atoms with E-state index in [1.165, 1.54) is 33.8 Å². The lowest BCUT2D eigenvalue weighted by molar-refractivity contribution is 0.190. The van der Waals surface area contributed by atoms with E-state index in [4.69, 9.17) is 0 Å².